The number of ether oxygens (including phenoxy) is 2. The third kappa shape index (κ3) is 2.91. The van der Waals surface area contributed by atoms with Crippen molar-refractivity contribution in [2.45, 2.75) is 32.7 Å². The van der Waals surface area contributed by atoms with Crippen LogP contribution in [0.2, 0.25) is 0 Å². The summed E-state index contributed by atoms with van der Waals surface area (Å²) in [6, 6.07) is 6.74. The highest BCUT2D eigenvalue weighted by Crippen LogP contribution is 2.33. The molecule has 1 aliphatic heterocycles. The van der Waals surface area contributed by atoms with Crippen molar-refractivity contribution in [1.29, 1.82) is 0 Å². The average molecular weight is 235 g/mol. The van der Waals surface area contributed by atoms with Crippen LogP contribution in [0.15, 0.2) is 18.2 Å². The van der Waals surface area contributed by atoms with E-state index in [1.54, 1.807) is 0 Å². The first-order valence-corrected chi connectivity index (χ1v) is 6.48. The van der Waals surface area contributed by atoms with Crippen LogP contribution in [0, 0.1) is 0 Å². The molecule has 17 heavy (non-hydrogen) atoms. The first kappa shape index (κ1) is 12.2. The standard InChI is InChI=1S/C14H21NO2/c1-3-16-13-8-7-11(10-14(13)17-4-2)12-6-5-9-15-12/h7-8,10,12,15H,3-6,9H2,1-2H3/t12-/m1/s1. The molecule has 0 spiro atoms. The summed E-state index contributed by atoms with van der Waals surface area (Å²) in [4.78, 5) is 0. The zero-order valence-corrected chi connectivity index (χ0v) is 10.7. The van der Waals surface area contributed by atoms with Crippen LogP contribution >= 0.6 is 0 Å². The van der Waals surface area contributed by atoms with Gasteiger partial charge in [-0.15, -0.1) is 0 Å². The van der Waals surface area contributed by atoms with Crippen molar-refractivity contribution in [3.05, 3.63) is 23.8 Å². The molecule has 94 valence electrons. The Kier molecular flexibility index (Phi) is 4.26. The Hall–Kier alpha value is -1.22. The number of hydrogen-bond donors (Lipinski definition) is 1. The second-order valence-electron chi connectivity index (χ2n) is 4.22. The van der Waals surface area contributed by atoms with Gasteiger partial charge in [0.25, 0.3) is 0 Å². The average Bonchev–Trinajstić information content (AvgIpc) is 2.85. The molecular formula is C14H21NO2. The molecule has 0 aromatic heterocycles. The van der Waals surface area contributed by atoms with Gasteiger partial charge in [0.1, 0.15) is 0 Å². The maximum Gasteiger partial charge on any atom is 0.161 e. The van der Waals surface area contributed by atoms with Crippen LogP contribution in [0.5, 0.6) is 11.5 Å². The lowest BCUT2D eigenvalue weighted by molar-refractivity contribution is 0.287. The fourth-order valence-corrected chi connectivity index (χ4v) is 2.25. The van der Waals surface area contributed by atoms with Gasteiger partial charge in [0.15, 0.2) is 11.5 Å². The summed E-state index contributed by atoms with van der Waals surface area (Å²) in [6.45, 7) is 6.43. The van der Waals surface area contributed by atoms with Crippen molar-refractivity contribution in [2.24, 2.45) is 0 Å². The minimum Gasteiger partial charge on any atom is -0.490 e. The predicted molar refractivity (Wildman–Crippen MR) is 68.8 cm³/mol. The van der Waals surface area contributed by atoms with E-state index in [2.05, 4.69) is 17.4 Å². The highest BCUT2D eigenvalue weighted by Gasteiger charge is 2.17. The van der Waals surface area contributed by atoms with E-state index in [4.69, 9.17) is 9.47 Å². The molecule has 1 aromatic rings. The smallest absolute Gasteiger partial charge is 0.161 e. The third-order valence-electron chi connectivity index (χ3n) is 3.03. The Bertz CT molecular complexity index is 359. The summed E-state index contributed by atoms with van der Waals surface area (Å²) in [5.74, 6) is 1.71. The van der Waals surface area contributed by atoms with Gasteiger partial charge in [-0.3, -0.25) is 0 Å². The van der Waals surface area contributed by atoms with Crippen molar-refractivity contribution in [1.82, 2.24) is 5.32 Å². The van der Waals surface area contributed by atoms with Crippen LogP contribution in [-0.4, -0.2) is 19.8 Å². The Morgan fingerprint density at radius 3 is 2.59 bits per heavy atom. The van der Waals surface area contributed by atoms with Crippen LogP contribution in [0.25, 0.3) is 0 Å². The van der Waals surface area contributed by atoms with Gasteiger partial charge in [0.05, 0.1) is 13.2 Å². The van der Waals surface area contributed by atoms with Gasteiger partial charge in [-0.2, -0.15) is 0 Å². The Morgan fingerprint density at radius 2 is 1.94 bits per heavy atom. The van der Waals surface area contributed by atoms with Gasteiger partial charge in [0.2, 0.25) is 0 Å². The lowest BCUT2D eigenvalue weighted by Gasteiger charge is -2.15. The van der Waals surface area contributed by atoms with Gasteiger partial charge < -0.3 is 14.8 Å². The summed E-state index contributed by atoms with van der Waals surface area (Å²) < 4.78 is 11.2. The van der Waals surface area contributed by atoms with E-state index in [0.717, 1.165) is 18.0 Å². The second kappa shape index (κ2) is 5.92. The molecule has 1 heterocycles. The topological polar surface area (TPSA) is 30.5 Å². The molecule has 0 radical (unpaired) electrons. The molecule has 0 bridgehead atoms. The molecule has 0 aliphatic carbocycles. The summed E-state index contributed by atoms with van der Waals surface area (Å²) in [5, 5.41) is 3.50. The fourth-order valence-electron chi connectivity index (χ4n) is 2.25. The van der Waals surface area contributed by atoms with Crippen molar-refractivity contribution in [3.63, 3.8) is 0 Å². The first-order valence-electron chi connectivity index (χ1n) is 6.48. The first-order chi connectivity index (χ1) is 8.35. The number of rotatable bonds is 5. The fraction of sp³-hybridized carbons (Fsp3) is 0.571. The van der Waals surface area contributed by atoms with Crippen LogP contribution in [0.4, 0.5) is 0 Å². The molecule has 0 unspecified atom stereocenters. The SMILES string of the molecule is CCOc1ccc([C@H]2CCCN2)cc1OCC. The minimum absolute atomic E-state index is 0.477. The summed E-state index contributed by atoms with van der Waals surface area (Å²) in [5.41, 5.74) is 1.30. The van der Waals surface area contributed by atoms with Crippen molar-refractivity contribution >= 4 is 0 Å². The van der Waals surface area contributed by atoms with E-state index in [1.165, 1.54) is 18.4 Å². The zero-order valence-electron chi connectivity index (χ0n) is 10.7. The molecule has 1 saturated heterocycles. The van der Waals surface area contributed by atoms with E-state index < -0.39 is 0 Å². The van der Waals surface area contributed by atoms with Gasteiger partial charge in [-0.1, -0.05) is 6.07 Å². The van der Waals surface area contributed by atoms with E-state index in [1.807, 2.05) is 19.9 Å². The summed E-state index contributed by atoms with van der Waals surface area (Å²) >= 11 is 0. The number of hydrogen-bond acceptors (Lipinski definition) is 3. The van der Waals surface area contributed by atoms with Gasteiger partial charge in [0, 0.05) is 6.04 Å². The van der Waals surface area contributed by atoms with Crippen LogP contribution < -0.4 is 14.8 Å². The quantitative estimate of drug-likeness (QED) is 0.851. The van der Waals surface area contributed by atoms with E-state index in [9.17, 15) is 0 Å². The third-order valence-corrected chi connectivity index (χ3v) is 3.03. The van der Waals surface area contributed by atoms with Crippen LogP contribution in [0.1, 0.15) is 38.3 Å². The molecule has 1 aromatic carbocycles. The van der Waals surface area contributed by atoms with E-state index >= 15 is 0 Å². The second-order valence-corrected chi connectivity index (χ2v) is 4.22. The van der Waals surface area contributed by atoms with Crippen LogP contribution in [0.3, 0.4) is 0 Å². The molecular weight excluding hydrogens is 214 g/mol. The van der Waals surface area contributed by atoms with Gasteiger partial charge >= 0.3 is 0 Å². The van der Waals surface area contributed by atoms with E-state index in [0.29, 0.717) is 19.3 Å². The largest absolute Gasteiger partial charge is 0.490 e. The molecule has 1 fully saturated rings. The number of nitrogens with one attached hydrogen (secondary N) is 1. The molecule has 2 rings (SSSR count). The zero-order chi connectivity index (χ0) is 12.1. The van der Waals surface area contributed by atoms with Crippen LogP contribution in [-0.2, 0) is 0 Å². The maximum absolute atomic E-state index is 5.64. The molecule has 0 saturated carbocycles. The summed E-state index contributed by atoms with van der Waals surface area (Å²) in [7, 11) is 0. The van der Waals surface area contributed by atoms with Crippen molar-refractivity contribution in [2.75, 3.05) is 19.8 Å². The molecule has 3 nitrogen and oxygen atoms in total. The minimum atomic E-state index is 0.477. The Labute approximate surface area is 103 Å². The molecule has 1 aliphatic rings. The highest BCUT2D eigenvalue weighted by molar-refractivity contribution is 5.44. The van der Waals surface area contributed by atoms with E-state index in [-0.39, 0.29) is 0 Å². The molecule has 3 heteroatoms. The number of benzene rings is 1. The summed E-state index contributed by atoms with van der Waals surface area (Å²) in [6.07, 6.45) is 2.46. The molecule has 1 atom stereocenters. The monoisotopic (exact) mass is 235 g/mol. The van der Waals surface area contributed by atoms with Crippen molar-refractivity contribution in [3.8, 4) is 11.5 Å². The highest BCUT2D eigenvalue weighted by atomic mass is 16.5. The maximum atomic E-state index is 5.64. The van der Waals surface area contributed by atoms with Gasteiger partial charge in [-0.25, -0.2) is 0 Å². The van der Waals surface area contributed by atoms with Gasteiger partial charge in [-0.05, 0) is 50.9 Å². The predicted octanol–water partition coefficient (Wildman–Crippen LogP) is 2.91. The lowest BCUT2D eigenvalue weighted by Crippen LogP contribution is -2.13. The molecule has 1 N–H and O–H groups in total. The normalized spacial score (nSPS) is 19.3. The van der Waals surface area contributed by atoms with Crippen molar-refractivity contribution < 1.29 is 9.47 Å². The lowest BCUT2D eigenvalue weighted by atomic mass is 10.0. The molecule has 0 amide bonds. The Morgan fingerprint density at radius 1 is 1.18 bits per heavy atom. The Balaban J connectivity index is 2.20.